The van der Waals surface area contributed by atoms with Gasteiger partial charge < -0.3 is 14.8 Å². The minimum absolute atomic E-state index is 0.186. The molecule has 24 heavy (non-hydrogen) atoms. The molecule has 2 rings (SSSR count). The number of amides is 1. The third kappa shape index (κ3) is 3.85. The molecule has 1 amide bonds. The molecule has 0 atom stereocenters. The van der Waals surface area contributed by atoms with Crippen molar-refractivity contribution in [3.05, 3.63) is 58.5 Å². The van der Waals surface area contributed by atoms with E-state index in [1.165, 1.54) is 17.4 Å². The molecule has 2 N–H and O–H groups in total. The molecule has 128 valence electrons. The normalized spacial score (nSPS) is 11.3. The molecule has 0 aliphatic rings. The van der Waals surface area contributed by atoms with E-state index in [0.29, 0.717) is 17.7 Å². The monoisotopic (exact) mass is 329 g/mol. The van der Waals surface area contributed by atoms with Crippen molar-refractivity contribution >= 4 is 11.9 Å². The summed E-state index contributed by atoms with van der Waals surface area (Å²) in [6.45, 7) is 8.35. The van der Waals surface area contributed by atoms with Gasteiger partial charge in [0.15, 0.2) is 0 Å². The lowest BCUT2D eigenvalue weighted by atomic mass is 9.82. The summed E-state index contributed by atoms with van der Waals surface area (Å²) in [6.07, 6.45) is 1.11. The van der Waals surface area contributed by atoms with Crippen LogP contribution in [0.2, 0.25) is 0 Å². The van der Waals surface area contributed by atoms with Crippen molar-refractivity contribution in [3.8, 4) is 0 Å². The fourth-order valence-electron chi connectivity index (χ4n) is 2.89. The first-order chi connectivity index (χ1) is 11.2. The highest BCUT2D eigenvalue weighted by molar-refractivity contribution is 5.97. The summed E-state index contributed by atoms with van der Waals surface area (Å²) >= 11 is 0. The predicted octanol–water partition coefficient (Wildman–Crippen LogP) is 3.23. The lowest BCUT2D eigenvalue weighted by molar-refractivity contribution is -0.136. The van der Waals surface area contributed by atoms with E-state index in [9.17, 15) is 9.59 Å². The summed E-state index contributed by atoms with van der Waals surface area (Å²) in [5.41, 5.74) is 3.05. The molecule has 1 heterocycles. The average Bonchev–Trinajstić information content (AvgIpc) is 2.85. The molecule has 0 radical (unpaired) electrons. The summed E-state index contributed by atoms with van der Waals surface area (Å²) < 4.78 is 5.22. The molecule has 0 saturated heterocycles. The van der Waals surface area contributed by atoms with Gasteiger partial charge in [0.2, 0.25) is 0 Å². The molecule has 1 aromatic carbocycles. The Bertz CT molecular complexity index is 758. The second kappa shape index (κ2) is 6.91. The maximum atomic E-state index is 12.5. The second-order valence-corrected chi connectivity index (χ2v) is 6.67. The van der Waals surface area contributed by atoms with Crippen LogP contribution in [0.3, 0.4) is 0 Å². The third-order valence-electron chi connectivity index (χ3n) is 4.16. The van der Waals surface area contributed by atoms with E-state index < -0.39 is 5.97 Å². The number of furan rings is 1. The molecule has 0 aliphatic heterocycles. The minimum Gasteiger partial charge on any atom is -0.481 e. The minimum atomic E-state index is -1.03. The third-order valence-corrected chi connectivity index (χ3v) is 4.16. The molecule has 0 unspecified atom stereocenters. The van der Waals surface area contributed by atoms with Gasteiger partial charge in [0, 0.05) is 17.5 Å². The van der Waals surface area contributed by atoms with Gasteiger partial charge in [-0.1, -0.05) is 38.1 Å². The maximum absolute atomic E-state index is 12.5. The number of aliphatic carboxylic acids is 1. The van der Waals surface area contributed by atoms with Crippen LogP contribution in [0.15, 0.2) is 34.9 Å². The SMILES string of the molecule is Cc1ccccc1C(C)(C)CNC(=O)c1c(C)coc1CC(=O)O. The molecule has 0 aliphatic carbocycles. The lowest BCUT2D eigenvalue weighted by Crippen LogP contribution is -2.37. The van der Waals surface area contributed by atoms with E-state index in [-0.39, 0.29) is 23.5 Å². The van der Waals surface area contributed by atoms with Crippen molar-refractivity contribution in [2.24, 2.45) is 0 Å². The van der Waals surface area contributed by atoms with Crippen LogP contribution >= 0.6 is 0 Å². The maximum Gasteiger partial charge on any atom is 0.311 e. The van der Waals surface area contributed by atoms with Crippen LogP contribution in [0.4, 0.5) is 0 Å². The number of aryl methyl sites for hydroxylation is 2. The number of benzene rings is 1. The summed E-state index contributed by atoms with van der Waals surface area (Å²) in [4.78, 5) is 23.4. The van der Waals surface area contributed by atoms with Crippen LogP contribution in [0.1, 0.15) is 46.7 Å². The summed E-state index contributed by atoms with van der Waals surface area (Å²) in [5, 5.41) is 11.8. The van der Waals surface area contributed by atoms with Gasteiger partial charge in [0.05, 0.1) is 11.8 Å². The number of hydrogen-bond acceptors (Lipinski definition) is 3. The average molecular weight is 329 g/mol. The fourth-order valence-corrected chi connectivity index (χ4v) is 2.89. The number of carbonyl (C=O) groups is 2. The van der Waals surface area contributed by atoms with Crippen molar-refractivity contribution in [1.82, 2.24) is 5.32 Å². The van der Waals surface area contributed by atoms with Crippen LogP contribution in [0.5, 0.6) is 0 Å². The Hall–Kier alpha value is -2.56. The van der Waals surface area contributed by atoms with Gasteiger partial charge in [0.1, 0.15) is 12.2 Å². The summed E-state index contributed by atoms with van der Waals surface area (Å²) in [5.74, 6) is -1.15. The Kier molecular flexibility index (Phi) is 5.12. The lowest BCUT2D eigenvalue weighted by Gasteiger charge is -2.27. The van der Waals surface area contributed by atoms with Crippen molar-refractivity contribution in [2.75, 3.05) is 6.54 Å². The summed E-state index contributed by atoms with van der Waals surface area (Å²) in [7, 11) is 0. The molecule has 1 aromatic heterocycles. The molecule has 2 aromatic rings. The fraction of sp³-hybridized carbons (Fsp3) is 0.368. The number of nitrogens with one attached hydrogen (secondary N) is 1. The van der Waals surface area contributed by atoms with E-state index in [4.69, 9.17) is 9.52 Å². The van der Waals surface area contributed by atoms with Gasteiger partial charge in [-0.05, 0) is 25.0 Å². The zero-order chi connectivity index (χ0) is 17.9. The largest absolute Gasteiger partial charge is 0.481 e. The number of rotatable bonds is 6. The standard InChI is InChI=1S/C19H23NO4/c1-12-7-5-6-8-14(12)19(3,4)11-20-18(23)17-13(2)10-24-15(17)9-16(21)22/h5-8,10H,9,11H2,1-4H3,(H,20,23)(H,21,22). The Balaban J connectivity index is 2.15. The Labute approximate surface area is 141 Å². The zero-order valence-electron chi connectivity index (χ0n) is 14.5. The first-order valence-corrected chi connectivity index (χ1v) is 7.85. The van der Waals surface area contributed by atoms with E-state index in [2.05, 4.69) is 25.2 Å². The van der Waals surface area contributed by atoms with E-state index >= 15 is 0 Å². The number of carboxylic acids is 1. The van der Waals surface area contributed by atoms with E-state index in [1.54, 1.807) is 6.92 Å². The van der Waals surface area contributed by atoms with Gasteiger partial charge in [-0.15, -0.1) is 0 Å². The van der Waals surface area contributed by atoms with Gasteiger partial charge in [0.25, 0.3) is 5.91 Å². The molecule has 5 nitrogen and oxygen atoms in total. The topological polar surface area (TPSA) is 79.5 Å². The van der Waals surface area contributed by atoms with E-state index in [0.717, 1.165) is 0 Å². The number of carboxylic acid groups (broad SMARTS) is 1. The number of carbonyl (C=O) groups excluding carboxylic acids is 1. The van der Waals surface area contributed by atoms with Crippen molar-refractivity contribution in [1.29, 1.82) is 0 Å². The Morgan fingerprint density at radius 1 is 1.17 bits per heavy atom. The Morgan fingerprint density at radius 2 is 1.83 bits per heavy atom. The first kappa shape index (κ1) is 17.8. The van der Waals surface area contributed by atoms with Crippen molar-refractivity contribution in [3.63, 3.8) is 0 Å². The first-order valence-electron chi connectivity index (χ1n) is 7.85. The summed E-state index contributed by atoms with van der Waals surface area (Å²) in [6, 6.07) is 8.07. The quantitative estimate of drug-likeness (QED) is 0.853. The van der Waals surface area contributed by atoms with Crippen molar-refractivity contribution < 1.29 is 19.1 Å². The highest BCUT2D eigenvalue weighted by atomic mass is 16.4. The highest BCUT2D eigenvalue weighted by Crippen LogP contribution is 2.26. The van der Waals surface area contributed by atoms with Crippen molar-refractivity contribution in [2.45, 2.75) is 39.5 Å². The number of hydrogen-bond donors (Lipinski definition) is 2. The molecule has 0 bridgehead atoms. The van der Waals surface area contributed by atoms with Gasteiger partial charge >= 0.3 is 5.97 Å². The smallest absolute Gasteiger partial charge is 0.311 e. The molecule has 0 fully saturated rings. The molecular formula is C19H23NO4. The highest BCUT2D eigenvalue weighted by Gasteiger charge is 2.25. The van der Waals surface area contributed by atoms with Gasteiger partial charge in [-0.3, -0.25) is 9.59 Å². The second-order valence-electron chi connectivity index (χ2n) is 6.67. The zero-order valence-corrected chi connectivity index (χ0v) is 14.5. The molecule has 0 saturated carbocycles. The van der Waals surface area contributed by atoms with Gasteiger partial charge in [-0.25, -0.2) is 0 Å². The predicted molar refractivity (Wildman–Crippen MR) is 91.3 cm³/mol. The van der Waals surface area contributed by atoms with Crippen LogP contribution in [-0.4, -0.2) is 23.5 Å². The van der Waals surface area contributed by atoms with Crippen LogP contribution in [0.25, 0.3) is 0 Å². The molecule has 5 heteroatoms. The van der Waals surface area contributed by atoms with Gasteiger partial charge in [-0.2, -0.15) is 0 Å². The van der Waals surface area contributed by atoms with E-state index in [1.807, 2.05) is 25.1 Å². The molecule has 0 spiro atoms. The van der Waals surface area contributed by atoms with Crippen LogP contribution < -0.4 is 5.32 Å². The molecular weight excluding hydrogens is 306 g/mol. The van der Waals surface area contributed by atoms with Crippen LogP contribution in [-0.2, 0) is 16.6 Å². The van der Waals surface area contributed by atoms with Crippen LogP contribution in [0, 0.1) is 13.8 Å². The Morgan fingerprint density at radius 3 is 2.46 bits per heavy atom.